The predicted molar refractivity (Wildman–Crippen MR) is 63.3 cm³/mol. The van der Waals surface area contributed by atoms with Crippen LogP contribution in [0.3, 0.4) is 0 Å². The molecule has 0 bridgehead atoms. The van der Waals surface area contributed by atoms with Gasteiger partial charge in [0.25, 0.3) is 0 Å². The molecular formula is C13H23F2NO. The second-order valence-corrected chi connectivity index (χ2v) is 5.66. The Kier molecular flexibility index (Phi) is 4.36. The second kappa shape index (κ2) is 5.61. The molecule has 2 fully saturated rings. The van der Waals surface area contributed by atoms with Gasteiger partial charge in [-0.15, -0.1) is 0 Å². The van der Waals surface area contributed by atoms with E-state index in [2.05, 4.69) is 12.2 Å². The molecule has 0 radical (unpaired) electrons. The zero-order valence-corrected chi connectivity index (χ0v) is 10.6. The molecule has 3 unspecified atom stereocenters. The number of ether oxygens (including phenoxy) is 1. The van der Waals surface area contributed by atoms with Gasteiger partial charge in [0.2, 0.25) is 5.92 Å². The maximum Gasteiger partial charge on any atom is 0.248 e. The van der Waals surface area contributed by atoms with Crippen LogP contribution in [0.5, 0.6) is 0 Å². The van der Waals surface area contributed by atoms with Gasteiger partial charge in [-0.1, -0.05) is 6.92 Å². The molecule has 1 N–H and O–H groups in total. The Labute approximate surface area is 102 Å². The van der Waals surface area contributed by atoms with Crippen molar-refractivity contribution in [2.75, 3.05) is 19.7 Å². The molecule has 2 nitrogen and oxygen atoms in total. The number of hydrogen-bond donors (Lipinski definition) is 1. The van der Waals surface area contributed by atoms with Gasteiger partial charge < -0.3 is 10.1 Å². The van der Waals surface area contributed by atoms with Crippen molar-refractivity contribution in [3.8, 4) is 0 Å². The highest BCUT2D eigenvalue weighted by Gasteiger charge is 2.36. The van der Waals surface area contributed by atoms with Crippen molar-refractivity contribution in [1.29, 1.82) is 0 Å². The summed E-state index contributed by atoms with van der Waals surface area (Å²) in [6.45, 7) is 4.60. The molecule has 1 aliphatic carbocycles. The smallest absolute Gasteiger partial charge is 0.248 e. The van der Waals surface area contributed by atoms with E-state index in [4.69, 9.17) is 4.74 Å². The number of piperidine rings is 1. The maximum atomic E-state index is 13.2. The highest BCUT2D eigenvalue weighted by atomic mass is 19.3. The molecule has 0 aromatic carbocycles. The van der Waals surface area contributed by atoms with Gasteiger partial charge in [0.15, 0.2) is 0 Å². The average Bonchev–Trinajstić information content (AvgIpc) is 2.27. The second-order valence-electron chi connectivity index (χ2n) is 5.66. The molecule has 1 saturated carbocycles. The number of hydrogen-bond acceptors (Lipinski definition) is 2. The fourth-order valence-electron chi connectivity index (χ4n) is 2.86. The third-order valence-electron chi connectivity index (χ3n) is 4.04. The summed E-state index contributed by atoms with van der Waals surface area (Å²) in [5.41, 5.74) is 0. The van der Waals surface area contributed by atoms with Crippen molar-refractivity contribution < 1.29 is 13.5 Å². The third kappa shape index (κ3) is 3.88. The van der Waals surface area contributed by atoms with E-state index in [1.54, 1.807) is 0 Å². The van der Waals surface area contributed by atoms with Crippen LogP contribution < -0.4 is 5.32 Å². The lowest BCUT2D eigenvalue weighted by Crippen LogP contribution is -2.42. The van der Waals surface area contributed by atoms with Gasteiger partial charge in [0.1, 0.15) is 0 Å². The van der Waals surface area contributed by atoms with Crippen LogP contribution in [-0.2, 0) is 4.74 Å². The summed E-state index contributed by atoms with van der Waals surface area (Å²) in [4.78, 5) is 0. The zero-order chi connectivity index (χ0) is 12.3. The van der Waals surface area contributed by atoms with E-state index in [1.807, 2.05) is 0 Å². The fraction of sp³-hybridized carbons (Fsp3) is 1.00. The fourth-order valence-corrected chi connectivity index (χ4v) is 2.86. The van der Waals surface area contributed by atoms with Gasteiger partial charge in [-0.3, -0.25) is 0 Å². The molecule has 0 amide bonds. The summed E-state index contributed by atoms with van der Waals surface area (Å²) in [5, 5.41) is 3.30. The molecule has 1 aliphatic heterocycles. The lowest BCUT2D eigenvalue weighted by molar-refractivity contribution is -0.0820. The molecule has 4 heteroatoms. The van der Waals surface area contributed by atoms with Crippen LogP contribution in [0.4, 0.5) is 8.78 Å². The van der Waals surface area contributed by atoms with Crippen molar-refractivity contribution in [1.82, 2.24) is 5.32 Å². The minimum atomic E-state index is -2.46. The molecule has 2 aliphatic rings. The molecule has 0 aromatic heterocycles. The van der Waals surface area contributed by atoms with E-state index in [0.29, 0.717) is 18.9 Å². The van der Waals surface area contributed by atoms with E-state index >= 15 is 0 Å². The highest BCUT2D eigenvalue weighted by molar-refractivity contribution is 4.80. The molecule has 17 heavy (non-hydrogen) atoms. The molecule has 1 heterocycles. The topological polar surface area (TPSA) is 21.3 Å². The van der Waals surface area contributed by atoms with Crippen molar-refractivity contribution in [3.05, 3.63) is 0 Å². The first kappa shape index (κ1) is 13.2. The lowest BCUT2D eigenvalue weighted by Gasteiger charge is -2.33. The first-order valence-corrected chi connectivity index (χ1v) is 6.77. The van der Waals surface area contributed by atoms with Gasteiger partial charge in [0, 0.05) is 19.4 Å². The minimum absolute atomic E-state index is 0.0154. The van der Waals surface area contributed by atoms with Crippen LogP contribution in [0.25, 0.3) is 0 Å². The summed E-state index contributed by atoms with van der Waals surface area (Å²) in [6.07, 6.45) is 2.93. The predicted octanol–water partition coefficient (Wildman–Crippen LogP) is 2.83. The number of alkyl halides is 2. The van der Waals surface area contributed by atoms with E-state index in [9.17, 15) is 8.78 Å². The summed E-state index contributed by atoms with van der Waals surface area (Å²) in [5.74, 6) is -1.86. The van der Waals surface area contributed by atoms with Crippen LogP contribution in [0.2, 0.25) is 0 Å². The van der Waals surface area contributed by atoms with Gasteiger partial charge in [0.05, 0.1) is 12.7 Å². The molecular weight excluding hydrogens is 224 g/mol. The first-order chi connectivity index (χ1) is 8.07. The SMILES string of the molecule is CC1CCNCC1OCC1CCCC(F)(F)C1. The number of nitrogens with one attached hydrogen (secondary N) is 1. The Balaban J connectivity index is 1.73. The van der Waals surface area contributed by atoms with Crippen LogP contribution in [0.15, 0.2) is 0 Å². The van der Waals surface area contributed by atoms with E-state index in [1.165, 1.54) is 0 Å². The van der Waals surface area contributed by atoms with Gasteiger partial charge in [-0.05, 0) is 37.6 Å². The molecule has 1 saturated heterocycles. The minimum Gasteiger partial charge on any atom is -0.376 e. The Morgan fingerprint density at radius 3 is 2.88 bits per heavy atom. The standard InChI is InChI=1S/C13H23F2NO/c1-10-4-6-16-8-12(10)17-9-11-3-2-5-13(14,15)7-11/h10-12,16H,2-9H2,1H3. The monoisotopic (exact) mass is 247 g/mol. The van der Waals surface area contributed by atoms with Gasteiger partial charge in [-0.2, -0.15) is 0 Å². The average molecular weight is 247 g/mol. The third-order valence-corrected chi connectivity index (χ3v) is 4.04. The van der Waals surface area contributed by atoms with Crippen molar-refractivity contribution in [2.24, 2.45) is 11.8 Å². The van der Waals surface area contributed by atoms with Crippen molar-refractivity contribution in [3.63, 3.8) is 0 Å². The summed E-state index contributed by atoms with van der Waals surface area (Å²) >= 11 is 0. The Hall–Kier alpha value is -0.220. The molecule has 100 valence electrons. The summed E-state index contributed by atoms with van der Waals surface area (Å²) in [7, 11) is 0. The Bertz CT molecular complexity index is 248. The van der Waals surface area contributed by atoms with Crippen LogP contribution in [-0.4, -0.2) is 31.7 Å². The number of rotatable bonds is 3. The molecule has 0 aromatic rings. The zero-order valence-electron chi connectivity index (χ0n) is 10.6. The summed E-state index contributed by atoms with van der Waals surface area (Å²) in [6, 6.07) is 0. The lowest BCUT2D eigenvalue weighted by atomic mass is 9.87. The Morgan fingerprint density at radius 1 is 1.35 bits per heavy atom. The normalized spacial score (nSPS) is 37.9. The van der Waals surface area contributed by atoms with Crippen molar-refractivity contribution >= 4 is 0 Å². The van der Waals surface area contributed by atoms with Crippen LogP contribution in [0.1, 0.15) is 39.0 Å². The quantitative estimate of drug-likeness (QED) is 0.828. The van der Waals surface area contributed by atoms with E-state index in [0.717, 1.165) is 25.9 Å². The Morgan fingerprint density at radius 2 is 2.18 bits per heavy atom. The van der Waals surface area contributed by atoms with E-state index < -0.39 is 5.92 Å². The maximum absolute atomic E-state index is 13.2. The summed E-state index contributed by atoms with van der Waals surface area (Å²) < 4.78 is 32.3. The van der Waals surface area contributed by atoms with Crippen molar-refractivity contribution in [2.45, 2.75) is 51.1 Å². The van der Waals surface area contributed by atoms with Gasteiger partial charge >= 0.3 is 0 Å². The highest BCUT2D eigenvalue weighted by Crippen LogP contribution is 2.36. The van der Waals surface area contributed by atoms with E-state index in [-0.39, 0.29) is 24.9 Å². The van der Waals surface area contributed by atoms with Crippen LogP contribution >= 0.6 is 0 Å². The molecule has 0 spiro atoms. The molecule has 3 atom stereocenters. The first-order valence-electron chi connectivity index (χ1n) is 6.77. The molecule has 2 rings (SSSR count). The van der Waals surface area contributed by atoms with Crippen LogP contribution in [0, 0.1) is 11.8 Å². The number of halogens is 2. The van der Waals surface area contributed by atoms with Gasteiger partial charge in [-0.25, -0.2) is 8.78 Å². The largest absolute Gasteiger partial charge is 0.376 e.